The van der Waals surface area contributed by atoms with Gasteiger partial charge in [0.05, 0.1) is 0 Å². The van der Waals surface area contributed by atoms with E-state index in [0.29, 0.717) is 5.92 Å². The molecular weight excluding hydrogens is 312 g/mol. The number of unbranched alkanes of at least 4 members (excludes halogenated alkanes) is 2. The van der Waals surface area contributed by atoms with Gasteiger partial charge in [0.1, 0.15) is 0 Å². The molecule has 0 nitrogen and oxygen atoms in total. The van der Waals surface area contributed by atoms with Crippen LogP contribution in [0.3, 0.4) is 0 Å². The summed E-state index contributed by atoms with van der Waals surface area (Å²) in [5.41, 5.74) is 2.90. The van der Waals surface area contributed by atoms with E-state index in [-0.39, 0.29) is 0 Å². The Morgan fingerprint density at radius 3 is 2.12 bits per heavy atom. The van der Waals surface area contributed by atoms with Crippen molar-refractivity contribution < 1.29 is 0 Å². The lowest BCUT2D eigenvalue weighted by Gasteiger charge is -2.20. The van der Waals surface area contributed by atoms with Crippen molar-refractivity contribution in [1.82, 2.24) is 0 Å². The van der Waals surface area contributed by atoms with Crippen molar-refractivity contribution in [3.05, 3.63) is 96.1 Å². The molecule has 1 atom stereocenters. The molecule has 0 spiro atoms. The minimum atomic E-state index is 0.465. The Bertz CT molecular complexity index is 998. The summed E-state index contributed by atoms with van der Waals surface area (Å²) in [5, 5.41) is 5.39. The summed E-state index contributed by atoms with van der Waals surface area (Å²) in [6.45, 7) is 2.28. The Morgan fingerprint density at radius 2 is 1.35 bits per heavy atom. The Labute approximate surface area is 156 Å². The molecule has 4 rings (SSSR count). The van der Waals surface area contributed by atoms with Crippen LogP contribution in [0, 0.1) is 0 Å². The van der Waals surface area contributed by atoms with Crippen LogP contribution in [0.4, 0.5) is 0 Å². The van der Waals surface area contributed by atoms with E-state index >= 15 is 0 Å². The molecule has 130 valence electrons. The maximum Gasteiger partial charge on any atom is 0.00954 e. The highest BCUT2D eigenvalue weighted by molar-refractivity contribution is 5.99. The van der Waals surface area contributed by atoms with Crippen molar-refractivity contribution in [2.24, 2.45) is 0 Å². The number of hydrogen-bond donors (Lipinski definition) is 0. The molecule has 0 heteroatoms. The standard InChI is InChI=1S/C26H26/c1-2-3-5-16-24(20-11-6-4-7-12-20)25-17-10-15-23-18-21-13-8-9-14-22(21)19-26(23)25/h4,6-15,17-19,24H,2-3,5,16H2,1H3. The molecule has 4 aromatic rings. The highest BCUT2D eigenvalue weighted by atomic mass is 14.2. The lowest BCUT2D eigenvalue weighted by Crippen LogP contribution is -2.02. The van der Waals surface area contributed by atoms with E-state index in [9.17, 15) is 0 Å². The summed E-state index contributed by atoms with van der Waals surface area (Å²) in [6, 6.07) is 31.2. The molecule has 0 saturated carbocycles. The van der Waals surface area contributed by atoms with Crippen LogP contribution in [-0.2, 0) is 0 Å². The van der Waals surface area contributed by atoms with Gasteiger partial charge in [-0.15, -0.1) is 0 Å². The summed E-state index contributed by atoms with van der Waals surface area (Å²) in [5.74, 6) is 0.465. The second kappa shape index (κ2) is 7.74. The molecule has 0 N–H and O–H groups in total. The fraction of sp³-hybridized carbons (Fsp3) is 0.231. The van der Waals surface area contributed by atoms with Gasteiger partial charge in [-0.05, 0) is 51.2 Å². The van der Waals surface area contributed by atoms with Crippen LogP contribution in [0.5, 0.6) is 0 Å². The maximum absolute atomic E-state index is 2.38. The minimum Gasteiger partial charge on any atom is -0.0654 e. The third-order valence-corrected chi connectivity index (χ3v) is 5.45. The average molecular weight is 338 g/mol. The van der Waals surface area contributed by atoms with Crippen LogP contribution < -0.4 is 0 Å². The summed E-state index contributed by atoms with van der Waals surface area (Å²) in [6.07, 6.45) is 5.06. The van der Waals surface area contributed by atoms with Crippen LogP contribution in [0.2, 0.25) is 0 Å². The number of fused-ring (bicyclic) bond motifs is 2. The maximum atomic E-state index is 2.38. The Kier molecular flexibility index (Phi) is 5.02. The van der Waals surface area contributed by atoms with Crippen LogP contribution in [0.25, 0.3) is 21.5 Å². The molecular formula is C26H26. The Hall–Kier alpha value is -2.60. The van der Waals surface area contributed by atoms with Crippen LogP contribution in [0.15, 0.2) is 84.9 Å². The van der Waals surface area contributed by atoms with Crippen LogP contribution in [0.1, 0.15) is 49.7 Å². The van der Waals surface area contributed by atoms with E-state index in [1.165, 1.54) is 58.4 Å². The van der Waals surface area contributed by atoms with Gasteiger partial charge < -0.3 is 0 Å². The molecule has 0 fully saturated rings. The summed E-state index contributed by atoms with van der Waals surface area (Å²) < 4.78 is 0. The first-order valence-corrected chi connectivity index (χ1v) is 9.83. The molecule has 26 heavy (non-hydrogen) atoms. The highest BCUT2D eigenvalue weighted by Crippen LogP contribution is 2.36. The fourth-order valence-electron chi connectivity index (χ4n) is 4.08. The molecule has 0 radical (unpaired) electrons. The molecule has 0 bridgehead atoms. The second-order valence-corrected chi connectivity index (χ2v) is 7.23. The van der Waals surface area contributed by atoms with E-state index in [0.717, 1.165) is 0 Å². The van der Waals surface area contributed by atoms with Gasteiger partial charge in [0.25, 0.3) is 0 Å². The zero-order valence-corrected chi connectivity index (χ0v) is 15.5. The molecule has 0 heterocycles. The topological polar surface area (TPSA) is 0 Å². The van der Waals surface area contributed by atoms with Crippen molar-refractivity contribution in [3.8, 4) is 0 Å². The SMILES string of the molecule is CCCCCC(c1ccccc1)c1cccc2cc3ccccc3cc12. The highest BCUT2D eigenvalue weighted by Gasteiger charge is 2.16. The molecule has 0 aliphatic carbocycles. The smallest absolute Gasteiger partial charge is 0.00954 e. The van der Waals surface area contributed by atoms with Gasteiger partial charge in [-0.3, -0.25) is 0 Å². The monoisotopic (exact) mass is 338 g/mol. The van der Waals surface area contributed by atoms with Crippen molar-refractivity contribution in [2.75, 3.05) is 0 Å². The van der Waals surface area contributed by atoms with Gasteiger partial charge in [-0.2, -0.15) is 0 Å². The average Bonchev–Trinajstić information content (AvgIpc) is 2.70. The van der Waals surface area contributed by atoms with Crippen LogP contribution >= 0.6 is 0 Å². The Morgan fingerprint density at radius 1 is 0.654 bits per heavy atom. The molecule has 0 aromatic heterocycles. The van der Waals surface area contributed by atoms with Crippen LogP contribution in [-0.4, -0.2) is 0 Å². The first-order valence-electron chi connectivity index (χ1n) is 9.83. The van der Waals surface area contributed by atoms with Crippen molar-refractivity contribution in [2.45, 2.75) is 38.5 Å². The molecule has 1 unspecified atom stereocenters. The molecule has 0 aliphatic rings. The van der Waals surface area contributed by atoms with E-state index < -0.39 is 0 Å². The molecule has 0 aliphatic heterocycles. The predicted octanol–water partition coefficient (Wildman–Crippen LogP) is 7.71. The lowest BCUT2D eigenvalue weighted by molar-refractivity contribution is 0.621. The predicted molar refractivity (Wildman–Crippen MR) is 114 cm³/mol. The second-order valence-electron chi connectivity index (χ2n) is 7.23. The zero-order valence-electron chi connectivity index (χ0n) is 15.5. The van der Waals surface area contributed by atoms with E-state index in [1.807, 2.05) is 0 Å². The van der Waals surface area contributed by atoms with Gasteiger partial charge in [0.15, 0.2) is 0 Å². The van der Waals surface area contributed by atoms with Gasteiger partial charge in [-0.25, -0.2) is 0 Å². The normalized spacial score (nSPS) is 12.5. The molecule has 0 saturated heterocycles. The van der Waals surface area contributed by atoms with Crippen molar-refractivity contribution in [1.29, 1.82) is 0 Å². The van der Waals surface area contributed by atoms with E-state index in [2.05, 4.69) is 91.9 Å². The van der Waals surface area contributed by atoms with Gasteiger partial charge >= 0.3 is 0 Å². The van der Waals surface area contributed by atoms with Gasteiger partial charge in [0, 0.05) is 5.92 Å². The van der Waals surface area contributed by atoms with Crippen molar-refractivity contribution in [3.63, 3.8) is 0 Å². The summed E-state index contributed by atoms with van der Waals surface area (Å²) in [4.78, 5) is 0. The molecule has 0 amide bonds. The zero-order chi connectivity index (χ0) is 17.8. The lowest BCUT2D eigenvalue weighted by atomic mass is 9.84. The summed E-state index contributed by atoms with van der Waals surface area (Å²) >= 11 is 0. The van der Waals surface area contributed by atoms with E-state index in [4.69, 9.17) is 0 Å². The number of rotatable bonds is 6. The van der Waals surface area contributed by atoms with Gasteiger partial charge in [-0.1, -0.05) is 99.0 Å². The number of hydrogen-bond acceptors (Lipinski definition) is 0. The first-order chi connectivity index (χ1) is 12.9. The fourth-order valence-corrected chi connectivity index (χ4v) is 4.08. The van der Waals surface area contributed by atoms with Gasteiger partial charge in [0.2, 0.25) is 0 Å². The summed E-state index contributed by atoms with van der Waals surface area (Å²) in [7, 11) is 0. The quantitative estimate of drug-likeness (QED) is 0.249. The third kappa shape index (κ3) is 3.37. The van der Waals surface area contributed by atoms with E-state index in [1.54, 1.807) is 0 Å². The minimum absolute atomic E-state index is 0.465. The Balaban J connectivity index is 1.86. The molecule has 4 aromatic carbocycles. The number of benzene rings is 4. The first kappa shape index (κ1) is 16.8. The largest absolute Gasteiger partial charge is 0.0654 e. The third-order valence-electron chi connectivity index (χ3n) is 5.45. The van der Waals surface area contributed by atoms with Crippen molar-refractivity contribution >= 4 is 21.5 Å².